The van der Waals surface area contributed by atoms with Gasteiger partial charge in [-0.15, -0.1) is 11.3 Å². The molecule has 1 unspecified atom stereocenters. The van der Waals surface area contributed by atoms with Crippen LogP contribution in [0.15, 0.2) is 23.7 Å². The van der Waals surface area contributed by atoms with Gasteiger partial charge in [0.1, 0.15) is 22.1 Å². The van der Waals surface area contributed by atoms with Crippen molar-refractivity contribution in [3.05, 3.63) is 35.2 Å². The number of nitrogens with one attached hydrogen (secondary N) is 2. The fourth-order valence-electron chi connectivity index (χ4n) is 5.28. The molecule has 4 aromatic heterocycles. The third kappa shape index (κ3) is 2.89. The molecule has 0 aromatic carbocycles. The second kappa shape index (κ2) is 6.99. The van der Waals surface area contributed by atoms with Crippen LogP contribution in [-0.4, -0.2) is 31.1 Å². The summed E-state index contributed by atoms with van der Waals surface area (Å²) in [7, 11) is 0. The summed E-state index contributed by atoms with van der Waals surface area (Å²) in [4.78, 5) is 17.7. The van der Waals surface area contributed by atoms with E-state index in [0.717, 1.165) is 28.1 Å². The summed E-state index contributed by atoms with van der Waals surface area (Å²) in [6, 6.07) is 3.90. The monoisotopic (exact) mass is 423 g/mol. The van der Waals surface area contributed by atoms with Crippen LogP contribution >= 0.6 is 11.3 Å². The zero-order chi connectivity index (χ0) is 20.2. The fourth-order valence-corrected chi connectivity index (χ4v) is 6.04. The van der Waals surface area contributed by atoms with Crippen molar-refractivity contribution in [2.24, 2.45) is 11.8 Å². The number of aliphatic hydroxyl groups excluding tert-OH is 1. The van der Waals surface area contributed by atoms with E-state index in [9.17, 15) is 9.50 Å². The van der Waals surface area contributed by atoms with E-state index in [-0.39, 0.29) is 6.61 Å². The highest BCUT2D eigenvalue weighted by atomic mass is 32.1. The Labute approximate surface area is 176 Å². The Bertz CT molecular complexity index is 1240. The van der Waals surface area contributed by atoms with Gasteiger partial charge < -0.3 is 15.4 Å². The van der Waals surface area contributed by atoms with Gasteiger partial charge >= 0.3 is 0 Å². The van der Waals surface area contributed by atoms with Crippen molar-refractivity contribution in [2.45, 2.75) is 44.8 Å². The summed E-state index contributed by atoms with van der Waals surface area (Å²) in [6.07, 6.45) is 7.63. The van der Waals surface area contributed by atoms with Crippen molar-refractivity contribution < 1.29 is 9.50 Å². The van der Waals surface area contributed by atoms with Crippen LogP contribution in [0, 0.1) is 17.7 Å². The van der Waals surface area contributed by atoms with Crippen molar-refractivity contribution in [2.75, 3.05) is 5.32 Å². The second-order valence-electron chi connectivity index (χ2n) is 8.49. The molecular weight excluding hydrogens is 401 g/mol. The average molecular weight is 424 g/mol. The molecule has 6 nitrogen and oxygen atoms in total. The molecule has 154 valence electrons. The molecule has 3 saturated carbocycles. The zero-order valence-electron chi connectivity index (χ0n) is 16.4. The van der Waals surface area contributed by atoms with Crippen molar-refractivity contribution >= 4 is 38.4 Å². The third-order valence-electron chi connectivity index (χ3n) is 6.77. The van der Waals surface area contributed by atoms with Crippen molar-refractivity contribution in [3.8, 4) is 11.4 Å². The maximum absolute atomic E-state index is 13.9. The minimum atomic E-state index is -0.430. The molecule has 7 rings (SSSR count). The first-order valence-corrected chi connectivity index (χ1v) is 11.4. The number of hydrogen-bond donors (Lipinski definition) is 3. The molecule has 1 atom stereocenters. The minimum Gasteiger partial charge on any atom is -0.390 e. The first-order valence-electron chi connectivity index (χ1n) is 10.5. The molecule has 0 spiro atoms. The van der Waals surface area contributed by atoms with Gasteiger partial charge in [0.15, 0.2) is 5.82 Å². The predicted octanol–water partition coefficient (Wildman–Crippen LogP) is 4.86. The topological polar surface area (TPSA) is 86.7 Å². The Morgan fingerprint density at radius 1 is 1.20 bits per heavy atom. The summed E-state index contributed by atoms with van der Waals surface area (Å²) < 4.78 is 13.9. The number of aromatic amines is 1. The predicted molar refractivity (Wildman–Crippen MR) is 116 cm³/mol. The Morgan fingerprint density at radius 3 is 2.83 bits per heavy atom. The lowest BCUT2D eigenvalue weighted by Crippen LogP contribution is -2.40. The highest BCUT2D eigenvalue weighted by molar-refractivity contribution is 7.16. The number of rotatable bonds is 4. The molecule has 8 heteroatoms. The van der Waals surface area contributed by atoms with Gasteiger partial charge in [0, 0.05) is 11.4 Å². The number of pyridine rings is 1. The van der Waals surface area contributed by atoms with Gasteiger partial charge in [0.2, 0.25) is 0 Å². The number of anilines is 1. The number of thiophene rings is 1. The summed E-state index contributed by atoms with van der Waals surface area (Å²) in [5.41, 5.74) is 1.68. The van der Waals surface area contributed by atoms with Crippen LogP contribution in [0.25, 0.3) is 32.6 Å². The lowest BCUT2D eigenvalue weighted by molar-refractivity contribution is 0.157. The number of aliphatic hydroxyl groups is 1. The van der Waals surface area contributed by atoms with E-state index in [2.05, 4.69) is 21.4 Å². The van der Waals surface area contributed by atoms with Crippen LogP contribution in [0.2, 0.25) is 0 Å². The summed E-state index contributed by atoms with van der Waals surface area (Å²) in [5.74, 6) is 2.39. The molecule has 3 aliphatic rings. The van der Waals surface area contributed by atoms with Gasteiger partial charge in [-0.2, -0.15) is 0 Å². The van der Waals surface area contributed by atoms with Crippen LogP contribution in [0.5, 0.6) is 0 Å². The zero-order valence-corrected chi connectivity index (χ0v) is 17.2. The first-order chi connectivity index (χ1) is 14.7. The van der Waals surface area contributed by atoms with Gasteiger partial charge in [-0.25, -0.2) is 19.3 Å². The normalized spacial score (nSPS) is 23.5. The maximum Gasteiger partial charge on any atom is 0.165 e. The van der Waals surface area contributed by atoms with Crippen LogP contribution < -0.4 is 5.32 Å². The molecule has 0 aliphatic heterocycles. The smallest absolute Gasteiger partial charge is 0.165 e. The first kappa shape index (κ1) is 18.2. The number of fused-ring (bicyclic) bond motifs is 5. The number of halogens is 1. The summed E-state index contributed by atoms with van der Waals surface area (Å²) in [5, 5.41) is 17.3. The van der Waals surface area contributed by atoms with Gasteiger partial charge in [-0.1, -0.05) is 12.8 Å². The summed E-state index contributed by atoms with van der Waals surface area (Å²) in [6.45, 7) is -0.228. The van der Waals surface area contributed by atoms with E-state index in [4.69, 9.17) is 9.97 Å². The SMILES string of the molecule is OCc1[nH]c2ncc(F)cc2c1-c1nc(NC2CC3CCC2CC3)c2ccsc2n1. The van der Waals surface area contributed by atoms with Crippen molar-refractivity contribution in [3.63, 3.8) is 0 Å². The van der Waals surface area contributed by atoms with E-state index in [0.29, 0.717) is 40.1 Å². The molecule has 3 N–H and O–H groups in total. The van der Waals surface area contributed by atoms with Crippen molar-refractivity contribution in [1.29, 1.82) is 0 Å². The molecule has 3 aliphatic carbocycles. The minimum absolute atomic E-state index is 0.228. The maximum atomic E-state index is 13.9. The molecule has 0 saturated heterocycles. The molecule has 2 bridgehead atoms. The molecule has 30 heavy (non-hydrogen) atoms. The van der Waals surface area contributed by atoms with Gasteiger partial charge in [-0.3, -0.25) is 0 Å². The van der Waals surface area contributed by atoms with Crippen LogP contribution in [0.1, 0.15) is 37.8 Å². The molecule has 0 amide bonds. The molecule has 0 radical (unpaired) electrons. The Morgan fingerprint density at radius 2 is 2.07 bits per heavy atom. The second-order valence-corrected chi connectivity index (χ2v) is 9.38. The highest BCUT2D eigenvalue weighted by Crippen LogP contribution is 2.43. The van der Waals surface area contributed by atoms with E-state index < -0.39 is 5.82 Å². The van der Waals surface area contributed by atoms with Crippen molar-refractivity contribution in [1.82, 2.24) is 19.9 Å². The molecular formula is C22H22FN5OS. The number of nitrogens with zero attached hydrogens (tertiary/aromatic N) is 3. The van der Waals surface area contributed by atoms with Gasteiger partial charge in [-0.05, 0) is 48.6 Å². The van der Waals surface area contributed by atoms with E-state index in [1.54, 1.807) is 11.3 Å². The van der Waals surface area contributed by atoms with Crippen LogP contribution in [0.4, 0.5) is 10.2 Å². The third-order valence-corrected chi connectivity index (χ3v) is 7.58. The Kier molecular flexibility index (Phi) is 4.24. The van der Waals surface area contributed by atoms with Gasteiger partial charge in [0.25, 0.3) is 0 Å². The Balaban J connectivity index is 1.49. The lowest BCUT2D eigenvalue weighted by Gasteiger charge is -2.42. The molecule has 4 heterocycles. The van der Waals surface area contributed by atoms with E-state index in [1.165, 1.54) is 38.2 Å². The van der Waals surface area contributed by atoms with E-state index >= 15 is 0 Å². The summed E-state index contributed by atoms with van der Waals surface area (Å²) >= 11 is 1.56. The number of aromatic nitrogens is 4. The van der Waals surface area contributed by atoms with E-state index in [1.807, 2.05) is 5.38 Å². The number of hydrogen-bond acceptors (Lipinski definition) is 6. The van der Waals surface area contributed by atoms with Crippen LogP contribution in [-0.2, 0) is 6.61 Å². The lowest BCUT2D eigenvalue weighted by atomic mass is 9.68. The fraction of sp³-hybridized carbons (Fsp3) is 0.409. The quantitative estimate of drug-likeness (QED) is 0.437. The van der Waals surface area contributed by atoms with Crippen LogP contribution in [0.3, 0.4) is 0 Å². The Hall–Kier alpha value is -2.58. The standard InChI is InChI=1S/C22H22FN5OS/c23-13-8-15-18(17(10-29)26-19(15)24-9-13)21-27-20(14-5-6-30-22(14)28-21)25-16-7-11-1-3-12(16)4-2-11/h5-6,8-9,11-12,16,29H,1-4,7,10H2,(H,24,26)(H,25,27,28). The average Bonchev–Trinajstić information content (AvgIpc) is 3.38. The number of H-pyrrole nitrogens is 1. The van der Waals surface area contributed by atoms with Gasteiger partial charge in [0.05, 0.1) is 29.4 Å². The molecule has 3 fully saturated rings. The largest absolute Gasteiger partial charge is 0.390 e. The highest BCUT2D eigenvalue weighted by Gasteiger charge is 2.36. The molecule has 4 aromatic rings.